The van der Waals surface area contributed by atoms with Gasteiger partial charge < -0.3 is 24.4 Å². The molecule has 1 fully saturated rings. The van der Waals surface area contributed by atoms with E-state index in [4.69, 9.17) is 25.8 Å². The summed E-state index contributed by atoms with van der Waals surface area (Å²) in [6, 6.07) is 8.71. The molecule has 8 heteroatoms. The molecule has 3 rings (SSSR count). The van der Waals surface area contributed by atoms with Crippen molar-refractivity contribution in [3.8, 4) is 17.2 Å². The lowest BCUT2D eigenvalue weighted by Crippen LogP contribution is -2.28. The van der Waals surface area contributed by atoms with Crippen LogP contribution in [-0.2, 0) is 9.59 Å². The Hall–Kier alpha value is -2.93. The SMILES string of the molecule is COc1cc(N2C[C@H](C(=O)Nc3cccc(Cl)c3C)CC2=O)cc(OC)c1OC. The van der Waals surface area contributed by atoms with Crippen LogP contribution in [0.2, 0.25) is 5.02 Å². The number of amides is 2. The number of carbonyl (C=O) groups excluding carboxylic acids is 2. The Bertz CT molecular complexity index is 922. The number of halogens is 1. The number of benzene rings is 2. The second-order valence-electron chi connectivity index (χ2n) is 6.69. The maximum Gasteiger partial charge on any atom is 0.229 e. The highest BCUT2D eigenvalue weighted by molar-refractivity contribution is 6.31. The molecule has 1 atom stereocenters. The third-order valence-corrected chi connectivity index (χ3v) is 5.39. The number of nitrogens with one attached hydrogen (secondary N) is 1. The molecule has 1 N–H and O–H groups in total. The van der Waals surface area contributed by atoms with Crippen molar-refractivity contribution in [1.29, 1.82) is 0 Å². The molecular formula is C21H23ClN2O5. The van der Waals surface area contributed by atoms with Gasteiger partial charge in [-0.1, -0.05) is 17.7 Å². The van der Waals surface area contributed by atoms with Gasteiger partial charge in [0.25, 0.3) is 0 Å². The van der Waals surface area contributed by atoms with E-state index in [0.29, 0.717) is 33.6 Å². The molecule has 0 aliphatic carbocycles. The second kappa shape index (κ2) is 8.61. The van der Waals surface area contributed by atoms with Gasteiger partial charge in [-0.2, -0.15) is 0 Å². The summed E-state index contributed by atoms with van der Waals surface area (Å²) >= 11 is 6.12. The van der Waals surface area contributed by atoms with E-state index < -0.39 is 5.92 Å². The van der Waals surface area contributed by atoms with Gasteiger partial charge in [-0.3, -0.25) is 9.59 Å². The Morgan fingerprint density at radius 1 is 1.14 bits per heavy atom. The number of rotatable bonds is 6. The van der Waals surface area contributed by atoms with Crippen LogP contribution in [0.3, 0.4) is 0 Å². The number of ether oxygens (including phenoxy) is 3. The van der Waals surface area contributed by atoms with Crippen LogP contribution in [0.1, 0.15) is 12.0 Å². The summed E-state index contributed by atoms with van der Waals surface area (Å²) in [4.78, 5) is 26.9. The molecule has 0 radical (unpaired) electrons. The Morgan fingerprint density at radius 2 is 1.79 bits per heavy atom. The van der Waals surface area contributed by atoms with Crippen LogP contribution in [0.25, 0.3) is 0 Å². The zero-order valence-corrected chi connectivity index (χ0v) is 17.5. The Balaban J connectivity index is 1.81. The lowest BCUT2D eigenvalue weighted by Gasteiger charge is -2.20. The van der Waals surface area contributed by atoms with Crippen LogP contribution < -0.4 is 24.4 Å². The van der Waals surface area contributed by atoms with Crippen LogP contribution in [0.15, 0.2) is 30.3 Å². The standard InChI is InChI=1S/C21H23ClN2O5/c1-12-15(22)6-5-7-16(12)23-21(26)13-8-19(25)24(11-13)14-9-17(27-2)20(29-4)18(10-14)28-3/h5-7,9-10,13H,8,11H2,1-4H3,(H,23,26)/t13-/m1/s1. The smallest absolute Gasteiger partial charge is 0.229 e. The van der Waals surface area contributed by atoms with Gasteiger partial charge in [0.2, 0.25) is 17.6 Å². The van der Waals surface area contributed by atoms with Crippen LogP contribution in [0.4, 0.5) is 11.4 Å². The van der Waals surface area contributed by atoms with Crippen LogP contribution >= 0.6 is 11.6 Å². The molecule has 0 unspecified atom stereocenters. The first kappa shape index (κ1) is 20.8. The monoisotopic (exact) mass is 418 g/mol. The summed E-state index contributed by atoms with van der Waals surface area (Å²) in [5.74, 6) is 0.464. The molecule has 1 aliphatic heterocycles. The van der Waals surface area contributed by atoms with Gasteiger partial charge in [-0.15, -0.1) is 0 Å². The Kier molecular flexibility index (Phi) is 6.17. The molecule has 2 aromatic carbocycles. The van der Waals surface area contributed by atoms with Crippen LogP contribution in [0.5, 0.6) is 17.2 Å². The van der Waals surface area contributed by atoms with Crippen molar-refractivity contribution in [2.75, 3.05) is 38.1 Å². The quantitative estimate of drug-likeness (QED) is 0.774. The van der Waals surface area contributed by atoms with E-state index in [-0.39, 0.29) is 24.8 Å². The van der Waals surface area contributed by atoms with Gasteiger partial charge in [0.05, 0.1) is 32.9 Å². The zero-order valence-electron chi connectivity index (χ0n) is 16.7. The summed E-state index contributed by atoms with van der Waals surface area (Å²) in [7, 11) is 4.53. The fourth-order valence-corrected chi connectivity index (χ4v) is 3.51. The minimum Gasteiger partial charge on any atom is -0.493 e. The first-order valence-electron chi connectivity index (χ1n) is 9.06. The molecule has 0 bridgehead atoms. The number of methoxy groups -OCH3 is 3. The molecule has 7 nitrogen and oxygen atoms in total. The van der Waals surface area contributed by atoms with Crippen molar-refractivity contribution in [3.63, 3.8) is 0 Å². The summed E-state index contributed by atoms with van der Waals surface area (Å²) < 4.78 is 16.0. The number of hydrogen-bond donors (Lipinski definition) is 1. The maximum atomic E-state index is 12.7. The molecule has 154 valence electrons. The van der Waals surface area contributed by atoms with E-state index in [1.807, 2.05) is 6.92 Å². The fraction of sp³-hybridized carbons (Fsp3) is 0.333. The van der Waals surface area contributed by atoms with Crippen molar-refractivity contribution >= 4 is 34.8 Å². The number of nitrogens with zero attached hydrogens (tertiary/aromatic N) is 1. The normalized spacial score (nSPS) is 16.0. The van der Waals surface area contributed by atoms with E-state index in [1.54, 1.807) is 35.2 Å². The average molecular weight is 419 g/mol. The highest BCUT2D eigenvalue weighted by Gasteiger charge is 2.36. The molecule has 0 saturated carbocycles. The predicted molar refractivity (Wildman–Crippen MR) is 111 cm³/mol. The van der Waals surface area contributed by atoms with Gasteiger partial charge in [-0.05, 0) is 24.6 Å². The highest BCUT2D eigenvalue weighted by atomic mass is 35.5. The van der Waals surface area contributed by atoms with Crippen molar-refractivity contribution in [2.24, 2.45) is 5.92 Å². The molecule has 1 saturated heterocycles. The van der Waals surface area contributed by atoms with Gasteiger partial charge in [0, 0.05) is 35.8 Å². The molecular weight excluding hydrogens is 396 g/mol. The lowest BCUT2D eigenvalue weighted by molar-refractivity contribution is -0.122. The molecule has 2 amide bonds. The Labute approximate surface area is 174 Å². The first-order valence-corrected chi connectivity index (χ1v) is 9.43. The second-order valence-corrected chi connectivity index (χ2v) is 7.10. The van der Waals surface area contributed by atoms with Gasteiger partial charge in [0.1, 0.15) is 0 Å². The molecule has 1 heterocycles. The van der Waals surface area contributed by atoms with E-state index in [2.05, 4.69) is 5.32 Å². The van der Waals surface area contributed by atoms with Crippen molar-refractivity contribution in [2.45, 2.75) is 13.3 Å². The summed E-state index contributed by atoms with van der Waals surface area (Å²) in [6.07, 6.45) is 0.113. The summed E-state index contributed by atoms with van der Waals surface area (Å²) in [5, 5.41) is 3.45. The first-order chi connectivity index (χ1) is 13.9. The molecule has 0 aromatic heterocycles. The van der Waals surface area contributed by atoms with Crippen molar-refractivity contribution in [1.82, 2.24) is 0 Å². The summed E-state index contributed by atoms with van der Waals surface area (Å²) in [6.45, 7) is 2.09. The van der Waals surface area contributed by atoms with Gasteiger partial charge in [-0.25, -0.2) is 0 Å². The van der Waals surface area contributed by atoms with Crippen LogP contribution in [-0.4, -0.2) is 39.7 Å². The van der Waals surface area contributed by atoms with Gasteiger partial charge >= 0.3 is 0 Å². The lowest BCUT2D eigenvalue weighted by atomic mass is 10.1. The third kappa shape index (κ3) is 4.10. The average Bonchev–Trinajstić information content (AvgIpc) is 3.12. The van der Waals surface area contributed by atoms with E-state index >= 15 is 0 Å². The third-order valence-electron chi connectivity index (χ3n) is 4.98. The van der Waals surface area contributed by atoms with Crippen LogP contribution in [0, 0.1) is 12.8 Å². The van der Waals surface area contributed by atoms with Gasteiger partial charge in [0.15, 0.2) is 11.5 Å². The topological polar surface area (TPSA) is 77.1 Å². The molecule has 1 aliphatic rings. The fourth-order valence-electron chi connectivity index (χ4n) is 3.33. The molecule has 0 spiro atoms. The Morgan fingerprint density at radius 3 is 2.38 bits per heavy atom. The zero-order chi connectivity index (χ0) is 21.1. The van der Waals surface area contributed by atoms with E-state index in [9.17, 15) is 9.59 Å². The van der Waals surface area contributed by atoms with E-state index in [0.717, 1.165) is 5.56 Å². The number of anilines is 2. The number of hydrogen-bond acceptors (Lipinski definition) is 5. The minimum absolute atomic E-state index is 0.113. The summed E-state index contributed by atoms with van der Waals surface area (Å²) in [5.41, 5.74) is 2.01. The molecule has 2 aromatic rings. The minimum atomic E-state index is -0.486. The maximum absolute atomic E-state index is 12.7. The highest BCUT2D eigenvalue weighted by Crippen LogP contribution is 2.42. The predicted octanol–water partition coefficient (Wildman–Crippen LogP) is 3.67. The van der Waals surface area contributed by atoms with Crippen molar-refractivity contribution < 1.29 is 23.8 Å². The van der Waals surface area contributed by atoms with E-state index in [1.165, 1.54) is 21.3 Å². The molecule has 29 heavy (non-hydrogen) atoms. The largest absolute Gasteiger partial charge is 0.493 e. The van der Waals surface area contributed by atoms with Crippen molar-refractivity contribution in [3.05, 3.63) is 40.9 Å². The number of carbonyl (C=O) groups is 2.